The maximum atomic E-state index is 12.4. The summed E-state index contributed by atoms with van der Waals surface area (Å²) in [4.78, 5) is 12.4. The molecule has 0 saturated heterocycles. The van der Waals surface area contributed by atoms with Gasteiger partial charge in [0.25, 0.3) is 0 Å². The number of nitrogens with zero attached hydrogens (tertiary/aromatic N) is 2. The summed E-state index contributed by atoms with van der Waals surface area (Å²) in [6.45, 7) is 2.03. The van der Waals surface area contributed by atoms with Gasteiger partial charge in [0.1, 0.15) is 5.75 Å². The molecule has 150 valence electrons. The van der Waals surface area contributed by atoms with Crippen LogP contribution in [0.25, 0.3) is 16.5 Å². The number of fused-ring (bicyclic) bond motifs is 1. The lowest BCUT2D eigenvalue weighted by Gasteiger charge is -2.06. The van der Waals surface area contributed by atoms with Crippen LogP contribution in [0.4, 0.5) is 0 Å². The fraction of sp³-hybridized carbons (Fsp3) is 0.120. The molecule has 0 radical (unpaired) electrons. The van der Waals surface area contributed by atoms with Crippen molar-refractivity contribution in [3.8, 4) is 11.4 Å². The van der Waals surface area contributed by atoms with Gasteiger partial charge in [0.05, 0.1) is 19.7 Å². The number of carbonyl (C=O) groups is 1. The number of hydrogen-bond donors (Lipinski definition) is 1. The molecule has 1 aromatic heterocycles. The number of hydrazone groups is 1. The fourth-order valence-corrected chi connectivity index (χ4v) is 3.53. The van der Waals surface area contributed by atoms with E-state index in [1.54, 1.807) is 13.3 Å². The van der Waals surface area contributed by atoms with Gasteiger partial charge in [-0.2, -0.15) is 5.10 Å². The second-order valence-electron chi connectivity index (χ2n) is 7.09. The molecular weight excluding hydrogens is 374 g/mol. The molecule has 0 spiro atoms. The van der Waals surface area contributed by atoms with E-state index in [1.165, 1.54) is 0 Å². The number of hydrogen-bond acceptors (Lipinski definition) is 3. The Labute approximate surface area is 175 Å². The zero-order valence-electron chi connectivity index (χ0n) is 17.0. The van der Waals surface area contributed by atoms with E-state index in [0.29, 0.717) is 0 Å². The average Bonchev–Trinajstić information content (AvgIpc) is 3.14. The van der Waals surface area contributed by atoms with E-state index in [1.807, 2.05) is 85.9 Å². The summed E-state index contributed by atoms with van der Waals surface area (Å²) in [5.41, 5.74) is 6.64. The molecule has 1 N–H and O–H groups in total. The van der Waals surface area contributed by atoms with Gasteiger partial charge in [0, 0.05) is 23.1 Å². The van der Waals surface area contributed by atoms with Crippen LogP contribution in [0.5, 0.6) is 5.75 Å². The Morgan fingerprint density at radius 1 is 1.07 bits per heavy atom. The number of benzene rings is 3. The molecule has 0 atom stereocenters. The number of rotatable bonds is 6. The van der Waals surface area contributed by atoms with Crippen molar-refractivity contribution < 1.29 is 9.53 Å². The number of carbonyl (C=O) groups excluding carboxylic acids is 1. The number of methoxy groups -OCH3 is 1. The first-order valence-corrected chi connectivity index (χ1v) is 9.76. The smallest absolute Gasteiger partial charge is 0.244 e. The van der Waals surface area contributed by atoms with E-state index in [-0.39, 0.29) is 12.3 Å². The molecule has 5 nitrogen and oxygen atoms in total. The third kappa shape index (κ3) is 4.25. The number of nitrogens with one attached hydrogen (secondary N) is 1. The molecule has 30 heavy (non-hydrogen) atoms. The maximum absolute atomic E-state index is 12.4. The summed E-state index contributed by atoms with van der Waals surface area (Å²) in [5.74, 6) is 0.674. The Balaban J connectivity index is 1.42. The lowest BCUT2D eigenvalue weighted by Crippen LogP contribution is -2.19. The third-order valence-corrected chi connectivity index (χ3v) is 5.02. The van der Waals surface area contributed by atoms with Crippen LogP contribution in [-0.2, 0) is 11.2 Å². The number of ether oxygens (including phenoxy) is 1. The highest BCUT2D eigenvalue weighted by atomic mass is 16.5. The molecule has 4 rings (SSSR count). The summed E-state index contributed by atoms with van der Waals surface area (Å²) in [5, 5.41) is 6.35. The number of aryl methyl sites for hydroxylation is 1. The molecule has 4 aromatic rings. The zero-order valence-corrected chi connectivity index (χ0v) is 17.0. The Morgan fingerprint density at radius 2 is 1.83 bits per heavy atom. The van der Waals surface area contributed by atoms with Crippen molar-refractivity contribution in [1.82, 2.24) is 9.99 Å². The van der Waals surface area contributed by atoms with Crippen molar-refractivity contribution in [3.63, 3.8) is 0 Å². The minimum atomic E-state index is -0.145. The monoisotopic (exact) mass is 397 g/mol. The SMILES string of the molecule is COc1ccc(-n2cc(/C=N\NC(=O)Cc3cccc4ccccc34)cc2C)cc1. The highest BCUT2D eigenvalue weighted by molar-refractivity contribution is 5.90. The normalized spacial score (nSPS) is 11.1. The molecule has 0 unspecified atom stereocenters. The Kier molecular flexibility index (Phi) is 5.61. The van der Waals surface area contributed by atoms with Crippen molar-refractivity contribution in [2.75, 3.05) is 7.11 Å². The van der Waals surface area contributed by atoms with Gasteiger partial charge in [-0.15, -0.1) is 0 Å². The summed E-state index contributed by atoms with van der Waals surface area (Å²) in [6.07, 6.45) is 3.93. The van der Waals surface area contributed by atoms with Crippen molar-refractivity contribution in [2.24, 2.45) is 5.10 Å². The standard InChI is InChI=1S/C25H23N3O2/c1-18-14-19(17-28(18)22-10-12-23(30-2)13-11-22)16-26-27-25(29)15-21-8-5-7-20-6-3-4-9-24(20)21/h3-14,16-17H,15H2,1-2H3,(H,27,29)/b26-16-. The van der Waals surface area contributed by atoms with Crippen LogP contribution in [0.1, 0.15) is 16.8 Å². The number of aromatic nitrogens is 1. The number of amides is 1. The van der Waals surface area contributed by atoms with Crippen LogP contribution in [0.2, 0.25) is 0 Å². The van der Waals surface area contributed by atoms with Crippen LogP contribution in [0.3, 0.4) is 0 Å². The lowest BCUT2D eigenvalue weighted by molar-refractivity contribution is -0.120. The lowest BCUT2D eigenvalue weighted by atomic mass is 10.0. The van der Waals surface area contributed by atoms with Gasteiger partial charge in [0.15, 0.2) is 0 Å². The van der Waals surface area contributed by atoms with Crippen LogP contribution < -0.4 is 10.2 Å². The van der Waals surface area contributed by atoms with E-state index < -0.39 is 0 Å². The molecule has 0 aliphatic carbocycles. The van der Waals surface area contributed by atoms with Gasteiger partial charge in [-0.1, -0.05) is 42.5 Å². The van der Waals surface area contributed by atoms with Crippen LogP contribution in [-0.4, -0.2) is 23.8 Å². The molecule has 0 aliphatic heterocycles. The first-order valence-electron chi connectivity index (χ1n) is 9.76. The van der Waals surface area contributed by atoms with Gasteiger partial charge in [-0.05, 0) is 53.6 Å². The van der Waals surface area contributed by atoms with E-state index in [2.05, 4.69) is 15.1 Å². The first-order chi connectivity index (χ1) is 14.6. The van der Waals surface area contributed by atoms with Gasteiger partial charge in [0.2, 0.25) is 5.91 Å². The third-order valence-electron chi connectivity index (χ3n) is 5.02. The molecular formula is C25H23N3O2. The van der Waals surface area contributed by atoms with Crippen molar-refractivity contribution in [3.05, 3.63) is 95.8 Å². The molecule has 0 fully saturated rings. The van der Waals surface area contributed by atoms with Crippen molar-refractivity contribution in [1.29, 1.82) is 0 Å². The van der Waals surface area contributed by atoms with E-state index in [0.717, 1.165) is 39.0 Å². The summed E-state index contributed by atoms with van der Waals surface area (Å²) >= 11 is 0. The van der Waals surface area contributed by atoms with E-state index in [9.17, 15) is 4.79 Å². The summed E-state index contributed by atoms with van der Waals surface area (Å²) in [7, 11) is 1.65. The molecule has 3 aromatic carbocycles. The van der Waals surface area contributed by atoms with Gasteiger partial charge >= 0.3 is 0 Å². The van der Waals surface area contributed by atoms with Crippen LogP contribution >= 0.6 is 0 Å². The van der Waals surface area contributed by atoms with Crippen molar-refractivity contribution >= 4 is 22.9 Å². The molecule has 0 saturated carbocycles. The molecule has 0 bridgehead atoms. The average molecular weight is 397 g/mol. The van der Waals surface area contributed by atoms with Crippen LogP contribution in [0, 0.1) is 6.92 Å². The van der Waals surface area contributed by atoms with Crippen LogP contribution in [0.15, 0.2) is 84.1 Å². The minimum absolute atomic E-state index is 0.145. The quantitative estimate of drug-likeness (QED) is 0.381. The van der Waals surface area contributed by atoms with E-state index in [4.69, 9.17) is 4.74 Å². The Hall–Kier alpha value is -3.86. The Bertz CT molecular complexity index is 1200. The highest BCUT2D eigenvalue weighted by Crippen LogP contribution is 2.19. The molecule has 5 heteroatoms. The summed E-state index contributed by atoms with van der Waals surface area (Å²) in [6, 6.07) is 23.9. The second-order valence-corrected chi connectivity index (χ2v) is 7.09. The summed E-state index contributed by atoms with van der Waals surface area (Å²) < 4.78 is 7.28. The predicted molar refractivity (Wildman–Crippen MR) is 120 cm³/mol. The van der Waals surface area contributed by atoms with Gasteiger partial charge < -0.3 is 9.30 Å². The largest absolute Gasteiger partial charge is 0.497 e. The predicted octanol–water partition coefficient (Wildman–Crippen LogP) is 4.64. The van der Waals surface area contributed by atoms with E-state index >= 15 is 0 Å². The second kappa shape index (κ2) is 8.66. The molecule has 0 aliphatic rings. The fourth-order valence-electron chi connectivity index (χ4n) is 3.53. The van der Waals surface area contributed by atoms with Gasteiger partial charge in [-0.3, -0.25) is 4.79 Å². The topological polar surface area (TPSA) is 55.6 Å². The van der Waals surface area contributed by atoms with Crippen molar-refractivity contribution in [2.45, 2.75) is 13.3 Å². The maximum Gasteiger partial charge on any atom is 0.244 e. The molecule has 1 amide bonds. The first kappa shape index (κ1) is 19.5. The molecule has 1 heterocycles. The Morgan fingerprint density at radius 3 is 2.63 bits per heavy atom. The minimum Gasteiger partial charge on any atom is -0.497 e. The zero-order chi connectivity index (χ0) is 20.9. The van der Waals surface area contributed by atoms with Gasteiger partial charge in [-0.25, -0.2) is 5.43 Å². The highest BCUT2D eigenvalue weighted by Gasteiger charge is 2.07.